The SMILES string of the molecule is C=CCC(C)C1(CBr)CC1C. The van der Waals surface area contributed by atoms with E-state index in [1.807, 2.05) is 6.08 Å². The molecule has 0 spiro atoms. The van der Waals surface area contributed by atoms with Crippen LogP contribution in [0.15, 0.2) is 12.7 Å². The van der Waals surface area contributed by atoms with Gasteiger partial charge in [0, 0.05) is 5.33 Å². The number of rotatable bonds is 4. The zero-order valence-electron chi connectivity index (χ0n) is 7.44. The summed E-state index contributed by atoms with van der Waals surface area (Å²) in [6.45, 7) is 8.47. The second kappa shape index (κ2) is 3.30. The number of alkyl halides is 1. The first-order chi connectivity index (χ1) is 5.17. The molecule has 1 saturated carbocycles. The van der Waals surface area contributed by atoms with Gasteiger partial charge in [-0.2, -0.15) is 0 Å². The average molecular weight is 217 g/mol. The van der Waals surface area contributed by atoms with Crippen molar-refractivity contribution in [3.63, 3.8) is 0 Å². The summed E-state index contributed by atoms with van der Waals surface area (Å²) in [5, 5.41) is 1.16. The highest BCUT2D eigenvalue weighted by atomic mass is 79.9. The van der Waals surface area contributed by atoms with Crippen molar-refractivity contribution in [3.05, 3.63) is 12.7 Å². The maximum Gasteiger partial charge on any atom is 0.00932 e. The number of hydrogen-bond acceptors (Lipinski definition) is 0. The minimum absolute atomic E-state index is 0.605. The Hall–Kier alpha value is 0.220. The average Bonchev–Trinajstić information content (AvgIpc) is 2.63. The molecule has 0 amide bonds. The summed E-state index contributed by atoms with van der Waals surface area (Å²) >= 11 is 3.61. The summed E-state index contributed by atoms with van der Waals surface area (Å²) in [5.41, 5.74) is 0.605. The van der Waals surface area contributed by atoms with Crippen molar-refractivity contribution in [2.45, 2.75) is 26.7 Å². The molecule has 0 heterocycles. The van der Waals surface area contributed by atoms with Crippen LogP contribution in [0.2, 0.25) is 0 Å². The molecule has 0 aromatic heterocycles. The lowest BCUT2D eigenvalue weighted by atomic mass is 9.88. The Morgan fingerprint density at radius 2 is 2.36 bits per heavy atom. The molecule has 0 aromatic carbocycles. The third-order valence-electron chi connectivity index (χ3n) is 3.26. The molecule has 1 aliphatic carbocycles. The van der Waals surface area contributed by atoms with Gasteiger partial charge in [-0.3, -0.25) is 0 Å². The van der Waals surface area contributed by atoms with Gasteiger partial charge in [-0.1, -0.05) is 35.9 Å². The number of halogens is 1. The molecular formula is C10H17Br. The fraction of sp³-hybridized carbons (Fsp3) is 0.800. The summed E-state index contributed by atoms with van der Waals surface area (Å²) < 4.78 is 0. The second-order valence-corrected chi connectivity index (χ2v) is 4.46. The van der Waals surface area contributed by atoms with E-state index >= 15 is 0 Å². The molecular weight excluding hydrogens is 200 g/mol. The zero-order chi connectivity index (χ0) is 8.48. The van der Waals surface area contributed by atoms with Crippen LogP contribution in [0.1, 0.15) is 26.7 Å². The summed E-state index contributed by atoms with van der Waals surface area (Å²) in [4.78, 5) is 0. The van der Waals surface area contributed by atoms with Gasteiger partial charge in [0.2, 0.25) is 0 Å². The van der Waals surface area contributed by atoms with Gasteiger partial charge in [0.05, 0.1) is 0 Å². The molecule has 0 nitrogen and oxygen atoms in total. The van der Waals surface area contributed by atoms with Gasteiger partial charge >= 0.3 is 0 Å². The van der Waals surface area contributed by atoms with E-state index in [2.05, 4.69) is 36.4 Å². The maximum absolute atomic E-state index is 3.79. The first-order valence-electron chi connectivity index (χ1n) is 4.34. The number of hydrogen-bond donors (Lipinski definition) is 0. The van der Waals surface area contributed by atoms with Gasteiger partial charge in [0.1, 0.15) is 0 Å². The van der Waals surface area contributed by atoms with Crippen LogP contribution in [-0.2, 0) is 0 Å². The molecule has 64 valence electrons. The third-order valence-corrected chi connectivity index (χ3v) is 4.30. The largest absolute Gasteiger partial charge is 0.103 e. The molecule has 3 unspecified atom stereocenters. The molecule has 1 fully saturated rings. The molecule has 0 radical (unpaired) electrons. The van der Waals surface area contributed by atoms with E-state index in [0.29, 0.717) is 5.41 Å². The Labute approximate surface area is 78.2 Å². The van der Waals surface area contributed by atoms with Crippen molar-refractivity contribution in [1.29, 1.82) is 0 Å². The molecule has 0 bridgehead atoms. The summed E-state index contributed by atoms with van der Waals surface area (Å²) in [6, 6.07) is 0. The predicted octanol–water partition coefficient (Wildman–Crippen LogP) is 3.62. The molecule has 1 rings (SSSR count). The minimum Gasteiger partial charge on any atom is -0.103 e. The third kappa shape index (κ3) is 1.53. The Morgan fingerprint density at radius 1 is 1.82 bits per heavy atom. The smallest absolute Gasteiger partial charge is 0.00932 e. The van der Waals surface area contributed by atoms with Crippen molar-refractivity contribution >= 4 is 15.9 Å². The van der Waals surface area contributed by atoms with Crippen LogP contribution in [0.4, 0.5) is 0 Å². The maximum atomic E-state index is 3.79. The standard InChI is InChI=1S/C10H17Br/c1-4-5-8(2)10(7-11)6-9(10)3/h4,8-9H,1,5-7H2,2-3H3. The monoisotopic (exact) mass is 216 g/mol. The quantitative estimate of drug-likeness (QED) is 0.498. The molecule has 0 aliphatic heterocycles. The van der Waals surface area contributed by atoms with E-state index in [-0.39, 0.29) is 0 Å². The Bertz CT molecular complexity index is 149. The van der Waals surface area contributed by atoms with Crippen molar-refractivity contribution in [2.24, 2.45) is 17.3 Å². The van der Waals surface area contributed by atoms with Gasteiger partial charge in [-0.25, -0.2) is 0 Å². The van der Waals surface area contributed by atoms with Crippen LogP contribution in [-0.4, -0.2) is 5.33 Å². The zero-order valence-corrected chi connectivity index (χ0v) is 9.02. The fourth-order valence-corrected chi connectivity index (χ4v) is 3.33. The molecule has 1 aliphatic rings. The highest BCUT2D eigenvalue weighted by Gasteiger charge is 2.52. The van der Waals surface area contributed by atoms with E-state index in [1.165, 1.54) is 6.42 Å². The van der Waals surface area contributed by atoms with Gasteiger partial charge in [-0.15, -0.1) is 6.58 Å². The first-order valence-corrected chi connectivity index (χ1v) is 5.46. The highest BCUT2D eigenvalue weighted by molar-refractivity contribution is 9.09. The van der Waals surface area contributed by atoms with Crippen molar-refractivity contribution in [1.82, 2.24) is 0 Å². The lowest BCUT2D eigenvalue weighted by Crippen LogP contribution is -2.15. The molecule has 11 heavy (non-hydrogen) atoms. The Balaban J connectivity index is 2.50. The summed E-state index contributed by atoms with van der Waals surface area (Å²) in [7, 11) is 0. The molecule has 0 aromatic rings. The normalized spacial score (nSPS) is 38.3. The van der Waals surface area contributed by atoms with Crippen LogP contribution >= 0.6 is 15.9 Å². The van der Waals surface area contributed by atoms with Gasteiger partial charge in [0.25, 0.3) is 0 Å². The van der Waals surface area contributed by atoms with Crippen molar-refractivity contribution in [3.8, 4) is 0 Å². The van der Waals surface area contributed by atoms with E-state index in [9.17, 15) is 0 Å². The highest BCUT2D eigenvalue weighted by Crippen LogP contribution is 2.59. The molecule has 0 N–H and O–H groups in total. The van der Waals surface area contributed by atoms with Crippen molar-refractivity contribution in [2.75, 3.05) is 5.33 Å². The molecule has 1 heteroatoms. The number of allylic oxidation sites excluding steroid dienone is 1. The van der Waals surface area contributed by atoms with Crippen LogP contribution in [0.5, 0.6) is 0 Å². The fourth-order valence-electron chi connectivity index (χ4n) is 2.00. The van der Waals surface area contributed by atoms with E-state index in [4.69, 9.17) is 0 Å². The molecule has 0 saturated heterocycles. The van der Waals surface area contributed by atoms with E-state index in [1.54, 1.807) is 0 Å². The van der Waals surface area contributed by atoms with Crippen molar-refractivity contribution < 1.29 is 0 Å². The minimum atomic E-state index is 0.605. The lowest BCUT2D eigenvalue weighted by molar-refractivity contribution is 0.350. The van der Waals surface area contributed by atoms with Gasteiger partial charge in [0.15, 0.2) is 0 Å². The summed E-state index contributed by atoms with van der Waals surface area (Å²) in [6.07, 6.45) is 4.60. The first kappa shape index (κ1) is 9.31. The molecule has 3 atom stereocenters. The topological polar surface area (TPSA) is 0 Å². The van der Waals surface area contributed by atoms with E-state index in [0.717, 1.165) is 23.6 Å². The van der Waals surface area contributed by atoms with Crippen LogP contribution in [0.3, 0.4) is 0 Å². The lowest BCUT2D eigenvalue weighted by Gasteiger charge is -2.20. The second-order valence-electron chi connectivity index (χ2n) is 3.90. The van der Waals surface area contributed by atoms with Gasteiger partial charge in [-0.05, 0) is 30.1 Å². The van der Waals surface area contributed by atoms with Crippen LogP contribution in [0.25, 0.3) is 0 Å². The summed E-state index contributed by atoms with van der Waals surface area (Å²) in [5.74, 6) is 1.71. The van der Waals surface area contributed by atoms with Crippen LogP contribution < -0.4 is 0 Å². The van der Waals surface area contributed by atoms with E-state index < -0.39 is 0 Å². The van der Waals surface area contributed by atoms with Crippen LogP contribution in [0, 0.1) is 17.3 Å². The predicted molar refractivity (Wildman–Crippen MR) is 54.0 cm³/mol. The Morgan fingerprint density at radius 3 is 2.64 bits per heavy atom. The Kier molecular flexibility index (Phi) is 2.79. The van der Waals surface area contributed by atoms with Gasteiger partial charge < -0.3 is 0 Å².